The highest BCUT2D eigenvalue weighted by Gasteiger charge is 2.10. The van der Waals surface area contributed by atoms with E-state index in [1.54, 1.807) is 0 Å². The van der Waals surface area contributed by atoms with Crippen molar-refractivity contribution >= 4 is 33.7 Å². The number of hydrogen-bond donors (Lipinski definition) is 0. The third-order valence-electron chi connectivity index (χ3n) is 5.24. The van der Waals surface area contributed by atoms with Crippen LogP contribution in [0.1, 0.15) is 5.56 Å². The number of anilines is 1. The maximum absolute atomic E-state index is 4.56. The van der Waals surface area contributed by atoms with Gasteiger partial charge in [-0.3, -0.25) is 5.01 Å². The quantitative estimate of drug-likeness (QED) is 0.268. The Kier molecular flexibility index (Phi) is 4.34. The number of nitrogens with zero attached hydrogens (tertiary/aromatic N) is 3. The van der Waals surface area contributed by atoms with Crippen molar-refractivity contribution in [1.82, 2.24) is 4.57 Å². The molecule has 3 heteroatoms. The molecular formula is C26H21N3. The number of hydrazone groups is 1. The van der Waals surface area contributed by atoms with Crippen molar-refractivity contribution in [2.75, 3.05) is 12.1 Å². The highest BCUT2D eigenvalue weighted by atomic mass is 15.4. The number of rotatable bonds is 4. The monoisotopic (exact) mass is 375 g/mol. The van der Waals surface area contributed by atoms with Crippen LogP contribution in [0.5, 0.6) is 0 Å². The van der Waals surface area contributed by atoms with Gasteiger partial charge in [-0.1, -0.05) is 66.7 Å². The topological polar surface area (TPSA) is 20.5 Å². The number of aromatic nitrogens is 1. The summed E-state index contributed by atoms with van der Waals surface area (Å²) in [6, 6.07) is 35.8. The first-order valence-electron chi connectivity index (χ1n) is 9.73. The van der Waals surface area contributed by atoms with Gasteiger partial charge in [-0.15, -0.1) is 0 Å². The summed E-state index contributed by atoms with van der Waals surface area (Å²) in [6.45, 7) is 0. The van der Waals surface area contributed by atoms with Crippen LogP contribution in [-0.4, -0.2) is 17.8 Å². The van der Waals surface area contributed by atoms with E-state index in [0.717, 1.165) is 16.9 Å². The molecule has 0 spiro atoms. The number of hydrogen-bond acceptors (Lipinski definition) is 2. The van der Waals surface area contributed by atoms with Gasteiger partial charge in [0.25, 0.3) is 0 Å². The number of benzene rings is 4. The third-order valence-corrected chi connectivity index (χ3v) is 5.24. The minimum Gasteiger partial charge on any atom is -0.309 e. The second-order valence-corrected chi connectivity index (χ2v) is 7.06. The van der Waals surface area contributed by atoms with E-state index in [1.807, 2.05) is 48.6 Å². The van der Waals surface area contributed by atoms with E-state index in [0.29, 0.717) is 0 Å². The fraction of sp³-hybridized carbons (Fsp3) is 0.0385. The van der Waals surface area contributed by atoms with E-state index in [9.17, 15) is 0 Å². The highest BCUT2D eigenvalue weighted by molar-refractivity contribution is 6.09. The van der Waals surface area contributed by atoms with Crippen LogP contribution in [0.3, 0.4) is 0 Å². The van der Waals surface area contributed by atoms with Crippen LogP contribution in [0.15, 0.2) is 108 Å². The average Bonchev–Trinajstić information content (AvgIpc) is 3.13. The maximum atomic E-state index is 4.56. The molecule has 3 nitrogen and oxygen atoms in total. The molecule has 140 valence electrons. The van der Waals surface area contributed by atoms with Crippen molar-refractivity contribution in [3.05, 3.63) is 109 Å². The lowest BCUT2D eigenvalue weighted by atomic mass is 10.2. The summed E-state index contributed by atoms with van der Waals surface area (Å²) >= 11 is 0. The zero-order chi connectivity index (χ0) is 19.6. The van der Waals surface area contributed by atoms with E-state index < -0.39 is 0 Å². The molecule has 0 aliphatic carbocycles. The predicted octanol–water partition coefficient (Wildman–Crippen LogP) is 6.25. The van der Waals surface area contributed by atoms with Crippen molar-refractivity contribution in [3.63, 3.8) is 0 Å². The van der Waals surface area contributed by atoms with E-state index in [-0.39, 0.29) is 0 Å². The van der Waals surface area contributed by atoms with Crippen molar-refractivity contribution in [2.45, 2.75) is 0 Å². The first-order valence-corrected chi connectivity index (χ1v) is 9.73. The molecule has 0 N–H and O–H groups in total. The van der Waals surface area contributed by atoms with Gasteiger partial charge in [-0.05, 0) is 42.0 Å². The summed E-state index contributed by atoms with van der Waals surface area (Å²) in [5.41, 5.74) is 5.72. The summed E-state index contributed by atoms with van der Waals surface area (Å²) in [5, 5.41) is 8.99. The molecule has 0 saturated carbocycles. The molecule has 0 aliphatic rings. The minimum absolute atomic E-state index is 1.06. The lowest BCUT2D eigenvalue weighted by Crippen LogP contribution is -2.08. The summed E-state index contributed by atoms with van der Waals surface area (Å²) in [5.74, 6) is 0. The molecule has 29 heavy (non-hydrogen) atoms. The van der Waals surface area contributed by atoms with Gasteiger partial charge in [0, 0.05) is 23.5 Å². The molecular weight excluding hydrogens is 354 g/mol. The smallest absolute Gasteiger partial charge is 0.0590 e. The summed E-state index contributed by atoms with van der Waals surface area (Å²) in [4.78, 5) is 0. The number of fused-ring (bicyclic) bond motifs is 3. The van der Waals surface area contributed by atoms with E-state index in [1.165, 1.54) is 21.8 Å². The van der Waals surface area contributed by atoms with Crippen molar-refractivity contribution in [1.29, 1.82) is 0 Å². The minimum atomic E-state index is 1.06. The predicted molar refractivity (Wildman–Crippen MR) is 123 cm³/mol. The molecule has 0 unspecified atom stereocenters. The Bertz CT molecular complexity index is 1250. The molecule has 0 saturated heterocycles. The molecule has 0 atom stereocenters. The van der Waals surface area contributed by atoms with Crippen molar-refractivity contribution < 1.29 is 0 Å². The van der Waals surface area contributed by atoms with Crippen LogP contribution in [-0.2, 0) is 0 Å². The Morgan fingerprint density at radius 2 is 1.21 bits per heavy atom. The highest BCUT2D eigenvalue weighted by Crippen LogP contribution is 2.31. The average molecular weight is 375 g/mol. The largest absolute Gasteiger partial charge is 0.309 e. The molecule has 0 radical (unpaired) electrons. The zero-order valence-electron chi connectivity index (χ0n) is 16.2. The van der Waals surface area contributed by atoms with Crippen LogP contribution < -0.4 is 5.01 Å². The van der Waals surface area contributed by atoms with Gasteiger partial charge in [0.2, 0.25) is 0 Å². The second kappa shape index (κ2) is 7.28. The van der Waals surface area contributed by atoms with Gasteiger partial charge in [0.1, 0.15) is 0 Å². The molecule has 1 heterocycles. The standard InChI is InChI=1S/C26H21N3/c1-28(21-9-3-2-4-10-21)27-19-20-15-17-22(18-16-20)29-25-13-7-5-11-23(25)24-12-6-8-14-26(24)29/h2-19H,1H3. The Balaban J connectivity index is 1.50. The molecule has 5 aromatic rings. The van der Waals surface area contributed by atoms with Gasteiger partial charge in [0.15, 0.2) is 0 Å². The van der Waals surface area contributed by atoms with Crippen LogP contribution in [0.2, 0.25) is 0 Å². The Morgan fingerprint density at radius 3 is 1.83 bits per heavy atom. The normalized spacial score (nSPS) is 11.5. The van der Waals surface area contributed by atoms with Gasteiger partial charge < -0.3 is 4.57 Å². The van der Waals surface area contributed by atoms with Crippen LogP contribution in [0, 0.1) is 0 Å². The Labute approximate surface area is 170 Å². The lowest BCUT2D eigenvalue weighted by Gasteiger charge is -2.12. The second-order valence-electron chi connectivity index (χ2n) is 7.06. The molecule has 0 amide bonds. The van der Waals surface area contributed by atoms with E-state index in [4.69, 9.17) is 0 Å². The first kappa shape index (κ1) is 17.3. The van der Waals surface area contributed by atoms with Gasteiger partial charge in [0.05, 0.1) is 22.9 Å². The lowest BCUT2D eigenvalue weighted by molar-refractivity contribution is 1.02. The van der Waals surface area contributed by atoms with Crippen LogP contribution >= 0.6 is 0 Å². The molecule has 5 rings (SSSR count). The zero-order valence-corrected chi connectivity index (χ0v) is 16.2. The molecule has 0 bridgehead atoms. The SMILES string of the molecule is CN(N=Cc1ccc(-n2c3ccccc3c3ccccc32)cc1)c1ccccc1. The van der Waals surface area contributed by atoms with Crippen molar-refractivity contribution in [3.8, 4) is 5.69 Å². The molecule has 4 aromatic carbocycles. The van der Waals surface area contributed by atoms with Crippen molar-refractivity contribution in [2.24, 2.45) is 5.10 Å². The Hall–Kier alpha value is -3.85. The van der Waals surface area contributed by atoms with Crippen LogP contribution in [0.4, 0.5) is 5.69 Å². The Morgan fingerprint density at radius 1 is 0.655 bits per heavy atom. The van der Waals surface area contributed by atoms with Crippen LogP contribution in [0.25, 0.3) is 27.5 Å². The van der Waals surface area contributed by atoms with Gasteiger partial charge >= 0.3 is 0 Å². The molecule has 0 aliphatic heterocycles. The first-order chi connectivity index (χ1) is 14.3. The van der Waals surface area contributed by atoms with Gasteiger partial charge in [-0.25, -0.2) is 0 Å². The fourth-order valence-corrected chi connectivity index (χ4v) is 3.77. The fourth-order valence-electron chi connectivity index (χ4n) is 3.77. The summed E-state index contributed by atoms with van der Waals surface area (Å²) in [6.07, 6.45) is 1.89. The van der Waals surface area contributed by atoms with E-state index in [2.05, 4.69) is 82.5 Å². The molecule has 0 fully saturated rings. The summed E-state index contributed by atoms with van der Waals surface area (Å²) < 4.78 is 2.32. The number of para-hydroxylation sites is 3. The molecule has 1 aromatic heterocycles. The van der Waals surface area contributed by atoms with E-state index >= 15 is 0 Å². The maximum Gasteiger partial charge on any atom is 0.0590 e. The summed E-state index contributed by atoms with van der Waals surface area (Å²) in [7, 11) is 1.96. The van der Waals surface area contributed by atoms with Gasteiger partial charge in [-0.2, -0.15) is 5.10 Å². The third kappa shape index (κ3) is 3.17.